The number of hydrogen-bond acceptors (Lipinski definition) is 2. The Hall–Kier alpha value is -2.10. The molecule has 0 aliphatic carbocycles. The summed E-state index contributed by atoms with van der Waals surface area (Å²) in [6.07, 6.45) is 5.52. The number of aryl methyl sites for hydroxylation is 1. The van der Waals surface area contributed by atoms with Crippen molar-refractivity contribution in [3.05, 3.63) is 41.5 Å². The summed E-state index contributed by atoms with van der Waals surface area (Å²) in [7, 11) is 0. The molecule has 1 fully saturated rings. The van der Waals surface area contributed by atoms with Crippen molar-refractivity contribution < 1.29 is 14.7 Å². The molecule has 1 aliphatic rings. The Balaban J connectivity index is 1.86. The molecular formula is C17H21NO3. The van der Waals surface area contributed by atoms with Crippen LogP contribution in [0.2, 0.25) is 0 Å². The van der Waals surface area contributed by atoms with Gasteiger partial charge in [-0.3, -0.25) is 9.59 Å². The maximum atomic E-state index is 12.1. The zero-order valence-corrected chi connectivity index (χ0v) is 12.3. The smallest absolute Gasteiger partial charge is 0.308 e. The number of carbonyl (C=O) groups is 2. The van der Waals surface area contributed by atoms with Crippen molar-refractivity contribution in [2.24, 2.45) is 5.92 Å². The Bertz CT molecular complexity index is 533. The Morgan fingerprint density at radius 3 is 2.71 bits per heavy atom. The van der Waals surface area contributed by atoms with Crippen LogP contribution >= 0.6 is 0 Å². The van der Waals surface area contributed by atoms with E-state index in [2.05, 4.69) is 0 Å². The molecule has 4 nitrogen and oxygen atoms in total. The van der Waals surface area contributed by atoms with Crippen LogP contribution in [0.25, 0.3) is 6.08 Å². The van der Waals surface area contributed by atoms with Gasteiger partial charge in [0.2, 0.25) is 5.91 Å². The van der Waals surface area contributed by atoms with Crippen LogP contribution < -0.4 is 0 Å². The molecule has 0 saturated carbocycles. The molecule has 1 aromatic carbocycles. The van der Waals surface area contributed by atoms with Gasteiger partial charge in [0.15, 0.2) is 0 Å². The molecule has 1 atom stereocenters. The van der Waals surface area contributed by atoms with Gasteiger partial charge in [-0.25, -0.2) is 0 Å². The molecule has 1 saturated heterocycles. The first-order valence-electron chi connectivity index (χ1n) is 7.30. The minimum atomic E-state index is -0.803. The fourth-order valence-electron chi connectivity index (χ4n) is 2.51. The molecular weight excluding hydrogens is 266 g/mol. The van der Waals surface area contributed by atoms with Gasteiger partial charge in [0, 0.05) is 19.5 Å². The molecule has 1 aromatic rings. The zero-order chi connectivity index (χ0) is 15.2. The summed E-state index contributed by atoms with van der Waals surface area (Å²) < 4.78 is 0. The number of piperidine rings is 1. The molecule has 2 rings (SSSR count). The van der Waals surface area contributed by atoms with Crippen molar-refractivity contribution in [3.8, 4) is 0 Å². The van der Waals surface area contributed by atoms with Crippen molar-refractivity contribution in [1.29, 1.82) is 0 Å². The summed E-state index contributed by atoms with van der Waals surface area (Å²) in [5.41, 5.74) is 2.27. The Morgan fingerprint density at radius 1 is 1.33 bits per heavy atom. The average Bonchev–Trinajstić information content (AvgIpc) is 2.49. The highest BCUT2D eigenvalue weighted by molar-refractivity contribution is 5.80. The van der Waals surface area contributed by atoms with Crippen LogP contribution in [-0.2, 0) is 9.59 Å². The molecule has 21 heavy (non-hydrogen) atoms. The van der Waals surface area contributed by atoms with E-state index in [0.717, 1.165) is 12.0 Å². The van der Waals surface area contributed by atoms with E-state index in [1.165, 1.54) is 5.56 Å². The van der Waals surface area contributed by atoms with E-state index in [1.54, 1.807) is 4.90 Å². The molecule has 0 spiro atoms. The number of benzene rings is 1. The van der Waals surface area contributed by atoms with Gasteiger partial charge < -0.3 is 10.0 Å². The average molecular weight is 287 g/mol. The summed E-state index contributed by atoms with van der Waals surface area (Å²) >= 11 is 0. The summed E-state index contributed by atoms with van der Waals surface area (Å²) in [5.74, 6) is -1.21. The van der Waals surface area contributed by atoms with Crippen LogP contribution in [0.3, 0.4) is 0 Å². The highest BCUT2D eigenvalue weighted by atomic mass is 16.4. The van der Waals surface area contributed by atoms with Crippen LogP contribution in [0, 0.1) is 12.8 Å². The number of rotatable bonds is 4. The quantitative estimate of drug-likeness (QED) is 0.926. The standard InChI is InChI=1S/C17H21NO3/c1-13-7-9-14(10-8-13)4-2-6-16(19)18-11-3-5-15(12-18)17(20)21/h2,4,7-10,15H,3,5-6,11-12H2,1H3,(H,20,21). The lowest BCUT2D eigenvalue weighted by atomic mass is 9.98. The van der Waals surface area contributed by atoms with Gasteiger partial charge in [-0.15, -0.1) is 0 Å². The third kappa shape index (κ3) is 4.45. The number of carboxylic acids is 1. The number of likely N-dealkylation sites (tertiary alicyclic amines) is 1. The Kier molecular flexibility index (Phi) is 5.14. The molecule has 0 aromatic heterocycles. The van der Waals surface area contributed by atoms with E-state index in [1.807, 2.05) is 43.3 Å². The predicted octanol–water partition coefficient (Wildman–Crippen LogP) is 2.72. The fraction of sp³-hybridized carbons (Fsp3) is 0.412. The van der Waals surface area contributed by atoms with Gasteiger partial charge in [-0.1, -0.05) is 42.0 Å². The first kappa shape index (κ1) is 15.3. The Morgan fingerprint density at radius 2 is 2.05 bits per heavy atom. The second-order valence-electron chi connectivity index (χ2n) is 5.53. The van der Waals surface area contributed by atoms with Crippen molar-refractivity contribution in [2.75, 3.05) is 13.1 Å². The van der Waals surface area contributed by atoms with E-state index in [4.69, 9.17) is 5.11 Å². The minimum absolute atomic E-state index is 0.00399. The molecule has 1 heterocycles. The van der Waals surface area contributed by atoms with Crippen molar-refractivity contribution in [3.63, 3.8) is 0 Å². The van der Waals surface area contributed by atoms with Gasteiger partial charge >= 0.3 is 5.97 Å². The lowest BCUT2D eigenvalue weighted by Crippen LogP contribution is -2.42. The summed E-state index contributed by atoms with van der Waals surface area (Å²) in [5, 5.41) is 9.03. The summed E-state index contributed by atoms with van der Waals surface area (Å²) in [6.45, 7) is 3.04. The second-order valence-corrected chi connectivity index (χ2v) is 5.53. The van der Waals surface area contributed by atoms with Gasteiger partial charge in [-0.05, 0) is 25.3 Å². The van der Waals surface area contributed by atoms with Gasteiger partial charge in [0.1, 0.15) is 0 Å². The molecule has 1 amide bonds. The third-order valence-corrected chi connectivity index (χ3v) is 3.80. The van der Waals surface area contributed by atoms with Crippen molar-refractivity contribution >= 4 is 18.0 Å². The molecule has 0 radical (unpaired) electrons. The van der Waals surface area contributed by atoms with Crippen molar-refractivity contribution in [1.82, 2.24) is 4.90 Å². The van der Waals surface area contributed by atoms with E-state index in [0.29, 0.717) is 25.9 Å². The third-order valence-electron chi connectivity index (χ3n) is 3.80. The maximum absolute atomic E-state index is 12.1. The topological polar surface area (TPSA) is 57.6 Å². The van der Waals surface area contributed by atoms with Crippen LogP contribution in [-0.4, -0.2) is 35.0 Å². The monoisotopic (exact) mass is 287 g/mol. The first-order valence-corrected chi connectivity index (χ1v) is 7.30. The predicted molar refractivity (Wildman–Crippen MR) is 81.8 cm³/mol. The van der Waals surface area contributed by atoms with Crippen LogP contribution in [0.4, 0.5) is 0 Å². The largest absolute Gasteiger partial charge is 0.481 e. The van der Waals surface area contributed by atoms with Crippen LogP contribution in [0.1, 0.15) is 30.4 Å². The summed E-state index contributed by atoms with van der Waals surface area (Å²) in [6, 6.07) is 8.09. The van der Waals surface area contributed by atoms with E-state index < -0.39 is 11.9 Å². The molecule has 0 bridgehead atoms. The lowest BCUT2D eigenvalue weighted by molar-refractivity contribution is -0.145. The second kappa shape index (κ2) is 7.07. The molecule has 1 unspecified atom stereocenters. The number of hydrogen-bond donors (Lipinski definition) is 1. The van der Waals surface area contributed by atoms with Crippen molar-refractivity contribution in [2.45, 2.75) is 26.2 Å². The lowest BCUT2D eigenvalue weighted by Gasteiger charge is -2.30. The zero-order valence-electron chi connectivity index (χ0n) is 12.3. The number of carbonyl (C=O) groups excluding carboxylic acids is 1. The number of carboxylic acid groups (broad SMARTS) is 1. The highest BCUT2D eigenvalue weighted by Gasteiger charge is 2.27. The normalized spacial score (nSPS) is 18.9. The van der Waals surface area contributed by atoms with Gasteiger partial charge in [0.05, 0.1) is 5.92 Å². The van der Waals surface area contributed by atoms with E-state index in [-0.39, 0.29) is 5.91 Å². The van der Waals surface area contributed by atoms with Gasteiger partial charge in [0.25, 0.3) is 0 Å². The molecule has 1 N–H and O–H groups in total. The van der Waals surface area contributed by atoms with Crippen LogP contribution in [0.5, 0.6) is 0 Å². The highest BCUT2D eigenvalue weighted by Crippen LogP contribution is 2.17. The minimum Gasteiger partial charge on any atom is -0.481 e. The number of amides is 1. The SMILES string of the molecule is Cc1ccc(C=CCC(=O)N2CCCC(C(=O)O)C2)cc1. The molecule has 1 aliphatic heterocycles. The van der Waals surface area contributed by atoms with Gasteiger partial charge in [-0.2, -0.15) is 0 Å². The first-order chi connectivity index (χ1) is 10.1. The van der Waals surface area contributed by atoms with E-state index >= 15 is 0 Å². The summed E-state index contributed by atoms with van der Waals surface area (Å²) in [4.78, 5) is 24.8. The maximum Gasteiger partial charge on any atom is 0.308 e. The van der Waals surface area contributed by atoms with E-state index in [9.17, 15) is 9.59 Å². The Labute approximate surface area is 125 Å². The number of aliphatic carboxylic acids is 1. The number of nitrogens with zero attached hydrogens (tertiary/aromatic N) is 1. The fourth-order valence-corrected chi connectivity index (χ4v) is 2.51. The molecule has 4 heteroatoms. The van der Waals surface area contributed by atoms with Crippen LogP contribution in [0.15, 0.2) is 30.3 Å². The molecule has 112 valence electrons.